The first-order chi connectivity index (χ1) is 9.82. The molecule has 0 aromatic heterocycles. The van der Waals surface area contributed by atoms with Crippen LogP contribution in [0.5, 0.6) is 5.75 Å². The van der Waals surface area contributed by atoms with Gasteiger partial charge in [-0.05, 0) is 24.3 Å². The summed E-state index contributed by atoms with van der Waals surface area (Å²) in [4.78, 5) is 11.6. The molecule has 2 rings (SSSR count). The molecule has 0 heterocycles. The lowest BCUT2D eigenvalue weighted by molar-refractivity contribution is 0.0716. The van der Waals surface area contributed by atoms with Crippen LogP contribution < -0.4 is 4.74 Å². The highest BCUT2D eigenvalue weighted by Crippen LogP contribution is 2.29. The monoisotopic (exact) mass is 322 g/mol. The van der Waals surface area contributed by atoms with Gasteiger partial charge in [0.1, 0.15) is 0 Å². The minimum atomic E-state index is -2.34. The molecule has 8 heteroatoms. The molecule has 2 aromatic carbocycles. The molecule has 0 saturated carbocycles. The van der Waals surface area contributed by atoms with E-state index in [0.717, 1.165) is 12.1 Å². The van der Waals surface area contributed by atoms with Crippen LogP contribution in [0.2, 0.25) is 5.02 Å². The number of benzene rings is 2. The van der Waals surface area contributed by atoms with Crippen LogP contribution in [-0.4, -0.2) is 5.97 Å². The molecule has 21 heavy (non-hydrogen) atoms. The molecule has 0 saturated heterocycles. The molecule has 0 bridgehead atoms. The van der Waals surface area contributed by atoms with Gasteiger partial charge in [0.25, 0.3) is 0 Å². The van der Waals surface area contributed by atoms with E-state index in [1.807, 2.05) is 0 Å². The second kappa shape index (κ2) is 5.69. The number of hydrogen-bond acceptors (Lipinski definition) is 2. The van der Waals surface area contributed by atoms with Crippen molar-refractivity contribution in [3.8, 4) is 5.75 Å². The number of hydrogen-bond donors (Lipinski definition) is 0. The van der Waals surface area contributed by atoms with Crippen LogP contribution in [0.3, 0.4) is 0 Å². The molecular weight excluding hydrogens is 319 g/mol. The minimum Gasteiger partial charge on any atom is -0.416 e. The zero-order chi connectivity index (χ0) is 15.7. The molecule has 0 radical (unpaired) electrons. The first-order valence-electron chi connectivity index (χ1n) is 5.32. The predicted molar refractivity (Wildman–Crippen MR) is 62.6 cm³/mol. The van der Waals surface area contributed by atoms with E-state index in [9.17, 15) is 26.7 Å². The fourth-order valence-electron chi connectivity index (χ4n) is 1.41. The Morgan fingerprint density at radius 3 is 1.71 bits per heavy atom. The van der Waals surface area contributed by atoms with E-state index < -0.39 is 40.8 Å². The highest BCUT2D eigenvalue weighted by molar-refractivity contribution is 6.30. The van der Waals surface area contributed by atoms with E-state index in [1.165, 1.54) is 12.1 Å². The maximum absolute atomic E-state index is 13.3. The molecule has 0 amide bonds. The van der Waals surface area contributed by atoms with E-state index >= 15 is 0 Å². The predicted octanol–water partition coefficient (Wildman–Crippen LogP) is 4.25. The molecule has 0 aliphatic heterocycles. The number of carbonyl (C=O) groups is 1. The lowest BCUT2D eigenvalue weighted by Crippen LogP contribution is -2.13. The summed E-state index contributed by atoms with van der Waals surface area (Å²) in [5.41, 5.74) is -0.177. The van der Waals surface area contributed by atoms with Crippen molar-refractivity contribution < 1.29 is 31.5 Å². The quantitative estimate of drug-likeness (QED) is 0.271. The Balaban J connectivity index is 2.40. The minimum absolute atomic E-state index is 0.177. The van der Waals surface area contributed by atoms with Crippen LogP contribution in [-0.2, 0) is 0 Å². The zero-order valence-electron chi connectivity index (χ0n) is 9.89. The fraction of sp³-hybridized carbons (Fsp3) is 0. The molecule has 0 atom stereocenters. The average molecular weight is 323 g/mol. The van der Waals surface area contributed by atoms with Gasteiger partial charge in [0, 0.05) is 5.02 Å². The van der Waals surface area contributed by atoms with E-state index in [2.05, 4.69) is 4.74 Å². The van der Waals surface area contributed by atoms with Crippen molar-refractivity contribution in [3.63, 3.8) is 0 Å². The third kappa shape index (κ3) is 2.82. The molecule has 0 aliphatic rings. The van der Waals surface area contributed by atoms with Crippen LogP contribution in [0.4, 0.5) is 22.0 Å². The van der Waals surface area contributed by atoms with Gasteiger partial charge in [-0.25, -0.2) is 18.0 Å². The average Bonchev–Trinajstić information content (AvgIpc) is 2.48. The summed E-state index contributed by atoms with van der Waals surface area (Å²) in [7, 11) is 0. The molecule has 0 aliphatic carbocycles. The Morgan fingerprint density at radius 2 is 1.24 bits per heavy atom. The second-order valence-corrected chi connectivity index (χ2v) is 4.23. The lowest BCUT2D eigenvalue weighted by Gasteiger charge is -2.08. The summed E-state index contributed by atoms with van der Waals surface area (Å²) in [6.07, 6.45) is 0. The third-order valence-electron chi connectivity index (χ3n) is 2.44. The van der Waals surface area contributed by atoms with Crippen LogP contribution >= 0.6 is 11.6 Å². The summed E-state index contributed by atoms with van der Waals surface area (Å²) < 4.78 is 69.6. The first-order valence-corrected chi connectivity index (χ1v) is 5.70. The van der Waals surface area contributed by atoms with Gasteiger partial charge in [-0.2, -0.15) is 8.78 Å². The Kier molecular flexibility index (Phi) is 4.13. The fourth-order valence-corrected chi connectivity index (χ4v) is 1.54. The van der Waals surface area contributed by atoms with Gasteiger partial charge in [-0.1, -0.05) is 11.6 Å². The van der Waals surface area contributed by atoms with Gasteiger partial charge in [-0.3, -0.25) is 0 Å². The molecule has 0 spiro atoms. The summed E-state index contributed by atoms with van der Waals surface area (Å²) in [6.45, 7) is 0. The van der Waals surface area contributed by atoms with E-state index in [-0.39, 0.29) is 10.6 Å². The maximum atomic E-state index is 13.3. The van der Waals surface area contributed by atoms with Gasteiger partial charge in [0.15, 0.2) is 0 Å². The van der Waals surface area contributed by atoms with Crippen molar-refractivity contribution >= 4 is 17.6 Å². The van der Waals surface area contributed by atoms with Gasteiger partial charge >= 0.3 is 5.97 Å². The molecule has 110 valence electrons. The van der Waals surface area contributed by atoms with Gasteiger partial charge in [-0.15, -0.1) is 0 Å². The molecular formula is C13H4ClF5O2. The summed E-state index contributed by atoms with van der Waals surface area (Å²) in [5, 5.41) is 0.280. The van der Waals surface area contributed by atoms with Crippen LogP contribution in [0.15, 0.2) is 24.3 Å². The highest BCUT2D eigenvalue weighted by Gasteiger charge is 2.28. The molecule has 0 unspecified atom stereocenters. The Morgan fingerprint density at radius 1 is 0.810 bits per heavy atom. The second-order valence-electron chi connectivity index (χ2n) is 3.80. The van der Waals surface area contributed by atoms with Crippen LogP contribution in [0.1, 0.15) is 10.4 Å². The Hall–Kier alpha value is -2.15. The topological polar surface area (TPSA) is 26.3 Å². The Labute approximate surface area is 119 Å². The van der Waals surface area contributed by atoms with E-state index in [0.29, 0.717) is 0 Å². The van der Waals surface area contributed by atoms with Gasteiger partial charge in [0.2, 0.25) is 34.8 Å². The van der Waals surface area contributed by atoms with Crippen molar-refractivity contribution in [2.24, 2.45) is 0 Å². The summed E-state index contributed by atoms with van der Waals surface area (Å²) in [5.74, 6) is -14.2. The standard InChI is InChI=1S/C13H4ClF5O2/c14-6-3-1-5(2-4-6)13(20)21-12-10(18)8(16)7(15)9(17)11(12)19/h1-4H. The van der Waals surface area contributed by atoms with Gasteiger partial charge < -0.3 is 4.74 Å². The molecule has 0 N–H and O–H groups in total. The normalized spacial score (nSPS) is 10.6. The van der Waals surface area contributed by atoms with Crippen molar-refractivity contribution in [3.05, 3.63) is 63.9 Å². The van der Waals surface area contributed by atoms with Crippen molar-refractivity contribution in [2.45, 2.75) is 0 Å². The van der Waals surface area contributed by atoms with Crippen LogP contribution in [0, 0.1) is 29.1 Å². The molecule has 0 fully saturated rings. The maximum Gasteiger partial charge on any atom is 0.343 e. The number of esters is 1. The van der Waals surface area contributed by atoms with Crippen LogP contribution in [0.25, 0.3) is 0 Å². The van der Waals surface area contributed by atoms with Crippen molar-refractivity contribution in [1.82, 2.24) is 0 Å². The number of halogens is 6. The first kappa shape index (κ1) is 15.2. The van der Waals surface area contributed by atoms with Crippen molar-refractivity contribution in [2.75, 3.05) is 0 Å². The van der Waals surface area contributed by atoms with E-state index in [4.69, 9.17) is 11.6 Å². The summed E-state index contributed by atoms with van der Waals surface area (Å²) in [6, 6.07) is 4.90. The number of carbonyl (C=O) groups excluding carboxylic acids is 1. The summed E-state index contributed by atoms with van der Waals surface area (Å²) >= 11 is 5.57. The highest BCUT2D eigenvalue weighted by atomic mass is 35.5. The molecule has 2 aromatic rings. The SMILES string of the molecule is O=C(Oc1c(F)c(F)c(F)c(F)c1F)c1ccc(Cl)cc1. The number of ether oxygens (including phenoxy) is 1. The van der Waals surface area contributed by atoms with Crippen molar-refractivity contribution in [1.29, 1.82) is 0 Å². The van der Waals surface area contributed by atoms with Gasteiger partial charge in [0.05, 0.1) is 5.56 Å². The largest absolute Gasteiger partial charge is 0.416 e. The third-order valence-corrected chi connectivity index (χ3v) is 2.70. The molecule has 2 nitrogen and oxygen atoms in total. The number of rotatable bonds is 2. The van der Waals surface area contributed by atoms with E-state index in [1.54, 1.807) is 0 Å². The smallest absolute Gasteiger partial charge is 0.343 e. The lowest BCUT2D eigenvalue weighted by atomic mass is 10.2. The zero-order valence-corrected chi connectivity index (χ0v) is 10.6. The Bertz CT molecular complexity index is 686.